The average molecular weight is 386 g/mol. The number of halogens is 2. The van der Waals surface area contributed by atoms with Crippen molar-refractivity contribution in [2.24, 2.45) is 0 Å². The number of nitrogens with one attached hydrogen (secondary N) is 1. The maximum Gasteiger partial charge on any atom is 0.256 e. The summed E-state index contributed by atoms with van der Waals surface area (Å²) in [6.45, 7) is 4.34. The van der Waals surface area contributed by atoms with E-state index >= 15 is 0 Å². The van der Waals surface area contributed by atoms with Crippen LogP contribution in [0.2, 0.25) is 0 Å². The van der Waals surface area contributed by atoms with Crippen molar-refractivity contribution in [1.82, 2.24) is 24.9 Å². The summed E-state index contributed by atoms with van der Waals surface area (Å²) >= 11 is 0. The number of nitrogens with zero attached hydrogens (tertiary/aromatic N) is 5. The van der Waals surface area contributed by atoms with Gasteiger partial charge in [0.15, 0.2) is 5.65 Å². The van der Waals surface area contributed by atoms with E-state index in [2.05, 4.69) is 20.4 Å². The van der Waals surface area contributed by atoms with Gasteiger partial charge in [0.05, 0.1) is 12.2 Å². The molecule has 1 aliphatic rings. The van der Waals surface area contributed by atoms with Gasteiger partial charge >= 0.3 is 0 Å². The molecule has 3 heterocycles. The van der Waals surface area contributed by atoms with Crippen LogP contribution in [-0.4, -0.2) is 38.1 Å². The monoisotopic (exact) mass is 386 g/mol. The Morgan fingerprint density at radius 3 is 2.93 bits per heavy atom. The molecule has 0 saturated carbocycles. The third-order valence-electron chi connectivity index (χ3n) is 4.75. The van der Waals surface area contributed by atoms with Crippen molar-refractivity contribution in [3.8, 4) is 0 Å². The molecule has 0 radical (unpaired) electrons. The average Bonchev–Trinajstić information content (AvgIpc) is 3.29. The lowest BCUT2D eigenvalue weighted by Crippen LogP contribution is -2.30. The molecule has 1 N–H and O–H groups in total. The Balaban J connectivity index is 1.72. The van der Waals surface area contributed by atoms with Gasteiger partial charge in [0.25, 0.3) is 5.91 Å². The lowest BCUT2D eigenvalue weighted by molar-refractivity contribution is 0.0944. The zero-order chi connectivity index (χ0) is 19.8. The quantitative estimate of drug-likeness (QED) is 0.746. The Morgan fingerprint density at radius 2 is 2.14 bits per heavy atom. The van der Waals surface area contributed by atoms with Gasteiger partial charge in [0.2, 0.25) is 5.95 Å². The molecule has 2 aromatic heterocycles. The largest absolute Gasteiger partial charge is 0.350 e. The smallest absolute Gasteiger partial charge is 0.256 e. The summed E-state index contributed by atoms with van der Waals surface area (Å²) in [4.78, 5) is 23.1. The van der Waals surface area contributed by atoms with Gasteiger partial charge in [0.1, 0.15) is 23.5 Å². The number of aromatic nitrogens is 4. The third-order valence-corrected chi connectivity index (χ3v) is 4.75. The highest BCUT2D eigenvalue weighted by Crippen LogP contribution is 2.36. The predicted octanol–water partition coefficient (Wildman–Crippen LogP) is 2.88. The summed E-state index contributed by atoms with van der Waals surface area (Å²) in [6, 6.07) is 3.07. The van der Waals surface area contributed by atoms with Crippen LogP contribution in [0, 0.1) is 11.6 Å². The fraction of sp³-hybridized carbons (Fsp3) is 0.368. The van der Waals surface area contributed by atoms with Crippen LogP contribution < -0.4 is 10.2 Å². The fourth-order valence-electron chi connectivity index (χ4n) is 3.52. The van der Waals surface area contributed by atoms with Crippen molar-refractivity contribution >= 4 is 17.5 Å². The Morgan fingerprint density at radius 1 is 1.32 bits per heavy atom. The topological polar surface area (TPSA) is 75.4 Å². The number of benzene rings is 1. The number of carbonyl (C=O) groups excluding carboxylic acids is 1. The van der Waals surface area contributed by atoms with Crippen LogP contribution in [0.3, 0.4) is 0 Å². The molecule has 0 spiro atoms. The van der Waals surface area contributed by atoms with Crippen LogP contribution in [0.25, 0.3) is 5.65 Å². The summed E-state index contributed by atoms with van der Waals surface area (Å²) in [6.07, 6.45) is 4.38. The number of hydrogen-bond acceptors (Lipinski definition) is 5. The van der Waals surface area contributed by atoms with Crippen LogP contribution >= 0.6 is 0 Å². The van der Waals surface area contributed by atoms with Gasteiger partial charge in [-0.25, -0.2) is 18.3 Å². The zero-order valence-electron chi connectivity index (χ0n) is 15.6. The highest BCUT2D eigenvalue weighted by molar-refractivity contribution is 5.99. The molecule has 1 fully saturated rings. The number of anilines is 1. The summed E-state index contributed by atoms with van der Waals surface area (Å²) < 4.78 is 29.4. The maximum atomic E-state index is 14.3. The molecule has 7 nitrogen and oxygen atoms in total. The molecule has 1 aliphatic heterocycles. The Hall–Kier alpha value is -3.10. The first-order valence-corrected chi connectivity index (χ1v) is 9.17. The van der Waals surface area contributed by atoms with E-state index in [9.17, 15) is 13.6 Å². The molecule has 1 aromatic carbocycles. The maximum absolute atomic E-state index is 14.3. The summed E-state index contributed by atoms with van der Waals surface area (Å²) in [5.74, 6) is -0.856. The van der Waals surface area contributed by atoms with Crippen LogP contribution in [0.4, 0.5) is 14.7 Å². The van der Waals surface area contributed by atoms with Crippen LogP contribution in [0.15, 0.2) is 30.7 Å². The van der Waals surface area contributed by atoms with Crippen molar-refractivity contribution in [2.45, 2.75) is 38.8 Å². The molecule has 0 bridgehead atoms. The second kappa shape index (κ2) is 7.14. The van der Waals surface area contributed by atoms with E-state index < -0.39 is 11.6 Å². The third kappa shape index (κ3) is 3.28. The van der Waals surface area contributed by atoms with Gasteiger partial charge in [-0.1, -0.05) is 0 Å². The van der Waals surface area contributed by atoms with E-state index in [0.29, 0.717) is 30.1 Å². The first kappa shape index (κ1) is 18.3. The Kier molecular flexibility index (Phi) is 4.66. The standard InChI is InChI=1S/C19H20F2N6O/c1-11(2)24-18(28)14-9-23-27-10-22-19(25-17(14)27)26-7-3-4-16(26)13-8-12(20)5-6-15(13)21/h5-6,8-11,16H,3-4,7H2,1-2H3,(H,24,28)/t16-/m1/s1. The first-order valence-electron chi connectivity index (χ1n) is 9.17. The van der Waals surface area contributed by atoms with E-state index in [1.54, 1.807) is 0 Å². The van der Waals surface area contributed by atoms with Gasteiger partial charge in [0, 0.05) is 18.2 Å². The lowest BCUT2D eigenvalue weighted by Gasteiger charge is -2.25. The predicted molar refractivity (Wildman–Crippen MR) is 99.1 cm³/mol. The molecule has 3 aromatic rings. The zero-order valence-corrected chi connectivity index (χ0v) is 15.6. The lowest BCUT2D eigenvalue weighted by atomic mass is 10.0. The molecular weight excluding hydrogens is 366 g/mol. The van der Waals surface area contributed by atoms with E-state index in [4.69, 9.17) is 0 Å². The SMILES string of the molecule is CC(C)NC(=O)c1cnn2cnc(N3CCC[C@@H]3c3cc(F)ccc3F)nc12. The van der Waals surface area contributed by atoms with Crippen molar-refractivity contribution in [2.75, 3.05) is 11.4 Å². The van der Waals surface area contributed by atoms with Gasteiger partial charge in [-0.2, -0.15) is 10.1 Å². The van der Waals surface area contributed by atoms with Crippen LogP contribution in [-0.2, 0) is 0 Å². The van der Waals surface area contributed by atoms with E-state index in [-0.39, 0.29) is 23.6 Å². The molecule has 146 valence electrons. The number of rotatable bonds is 4. The number of amides is 1. The number of fused-ring (bicyclic) bond motifs is 1. The van der Waals surface area contributed by atoms with Gasteiger partial charge in [-0.15, -0.1) is 0 Å². The number of carbonyl (C=O) groups is 1. The van der Waals surface area contributed by atoms with Crippen molar-refractivity contribution in [1.29, 1.82) is 0 Å². The molecule has 4 rings (SSSR count). The van der Waals surface area contributed by atoms with Crippen molar-refractivity contribution in [3.63, 3.8) is 0 Å². The minimum Gasteiger partial charge on any atom is -0.350 e. The van der Waals surface area contributed by atoms with E-state index in [1.165, 1.54) is 23.1 Å². The highest BCUT2D eigenvalue weighted by Gasteiger charge is 2.31. The molecule has 1 saturated heterocycles. The Labute approximate surface area is 160 Å². The molecule has 0 unspecified atom stereocenters. The highest BCUT2D eigenvalue weighted by atomic mass is 19.1. The summed E-state index contributed by atoms with van der Waals surface area (Å²) in [5, 5.41) is 6.94. The van der Waals surface area contributed by atoms with E-state index in [1.807, 2.05) is 18.7 Å². The first-order chi connectivity index (χ1) is 13.4. The van der Waals surface area contributed by atoms with Crippen LogP contribution in [0.5, 0.6) is 0 Å². The second-order valence-corrected chi connectivity index (χ2v) is 7.13. The fourth-order valence-corrected chi connectivity index (χ4v) is 3.52. The minimum atomic E-state index is -0.483. The van der Waals surface area contributed by atoms with Crippen LogP contribution in [0.1, 0.15) is 48.7 Å². The summed E-state index contributed by atoms with van der Waals surface area (Å²) in [7, 11) is 0. The normalized spacial score (nSPS) is 16.9. The van der Waals surface area contributed by atoms with Gasteiger partial charge in [-0.3, -0.25) is 4.79 Å². The van der Waals surface area contributed by atoms with Crippen molar-refractivity contribution in [3.05, 3.63) is 53.5 Å². The minimum absolute atomic E-state index is 0.0253. The molecular formula is C19H20F2N6O. The molecule has 9 heteroatoms. The number of hydrogen-bond donors (Lipinski definition) is 1. The summed E-state index contributed by atoms with van der Waals surface area (Å²) in [5.41, 5.74) is 0.991. The Bertz CT molecular complexity index is 1030. The molecule has 1 amide bonds. The molecule has 0 aliphatic carbocycles. The molecule has 28 heavy (non-hydrogen) atoms. The second-order valence-electron chi connectivity index (χ2n) is 7.13. The van der Waals surface area contributed by atoms with Crippen molar-refractivity contribution < 1.29 is 13.6 Å². The van der Waals surface area contributed by atoms with Gasteiger partial charge in [-0.05, 0) is 44.9 Å². The molecule has 1 atom stereocenters. The van der Waals surface area contributed by atoms with E-state index in [0.717, 1.165) is 18.6 Å². The van der Waals surface area contributed by atoms with Gasteiger partial charge < -0.3 is 10.2 Å².